The van der Waals surface area contributed by atoms with E-state index in [1.54, 1.807) is 23.9 Å². The van der Waals surface area contributed by atoms with Crippen molar-refractivity contribution >= 4 is 35.2 Å². The Balaban J connectivity index is 1.68. The molecule has 0 radical (unpaired) electrons. The van der Waals surface area contributed by atoms with Crippen molar-refractivity contribution in [3.05, 3.63) is 132 Å². The van der Waals surface area contributed by atoms with E-state index in [0.717, 1.165) is 10.5 Å². The van der Waals surface area contributed by atoms with Crippen molar-refractivity contribution in [2.45, 2.75) is 22.9 Å². The Morgan fingerprint density at radius 3 is 1.93 bits per heavy atom. The number of hydrogen-bond acceptors (Lipinski definition) is 4. The monoisotopic (exact) mass is 553 g/mol. The molecule has 6 nitrogen and oxygen atoms in total. The van der Waals surface area contributed by atoms with Gasteiger partial charge in [0.05, 0.1) is 12.0 Å². The number of rotatable bonds is 7. The molecule has 40 heavy (non-hydrogen) atoms. The van der Waals surface area contributed by atoms with Gasteiger partial charge in [-0.2, -0.15) is 0 Å². The van der Waals surface area contributed by atoms with Crippen molar-refractivity contribution in [3.8, 4) is 0 Å². The Morgan fingerprint density at radius 1 is 0.800 bits per heavy atom. The fourth-order valence-electron chi connectivity index (χ4n) is 5.54. The van der Waals surface area contributed by atoms with E-state index in [4.69, 9.17) is 5.73 Å². The highest BCUT2D eigenvalue weighted by Gasteiger charge is 2.57. The number of amides is 3. The number of ketones is 1. The van der Waals surface area contributed by atoms with Crippen molar-refractivity contribution < 1.29 is 18.8 Å². The van der Waals surface area contributed by atoms with E-state index in [9.17, 15) is 18.8 Å². The molecule has 1 aliphatic heterocycles. The molecule has 3 amide bonds. The fourth-order valence-corrected chi connectivity index (χ4v) is 5.95. The maximum Gasteiger partial charge on any atom is 0.323 e. The van der Waals surface area contributed by atoms with E-state index >= 15 is 0 Å². The predicted molar refractivity (Wildman–Crippen MR) is 155 cm³/mol. The quantitative estimate of drug-likeness (QED) is 0.208. The Kier molecular flexibility index (Phi) is 7.98. The van der Waals surface area contributed by atoms with Crippen LogP contribution in [0.2, 0.25) is 0 Å². The average molecular weight is 554 g/mol. The zero-order valence-electron chi connectivity index (χ0n) is 21.7. The minimum Gasteiger partial charge on any atom is -0.368 e. The van der Waals surface area contributed by atoms with Crippen LogP contribution in [0.15, 0.2) is 114 Å². The SMILES string of the molecule is CSc1ccc(C(=O)C2C(c3ccccc3)C(C(N)=O)N(C(=O)Nc3ccc(F)cc3)C2c2ccccc2)cc1. The zero-order valence-corrected chi connectivity index (χ0v) is 22.6. The Bertz CT molecular complexity index is 1500. The highest BCUT2D eigenvalue weighted by atomic mass is 32.2. The van der Waals surface area contributed by atoms with Crippen LogP contribution in [-0.2, 0) is 4.79 Å². The van der Waals surface area contributed by atoms with E-state index < -0.39 is 41.7 Å². The van der Waals surface area contributed by atoms with Gasteiger partial charge in [0.2, 0.25) is 5.91 Å². The number of nitrogens with one attached hydrogen (secondary N) is 1. The second-order valence-corrected chi connectivity index (χ2v) is 10.5. The molecular formula is C32H28FN3O3S. The third-order valence-electron chi connectivity index (χ3n) is 7.29. The van der Waals surface area contributed by atoms with Crippen LogP contribution in [0.3, 0.4) is 0 Å². The number of likely N-dealkylation sites (tertiary alicyclic amines) is 1. The van der Waals surface area contributed by atoms with E-state index in [1.807, 2.05) is 79.1 Å². The number of primary amides is 1. The van der Waals surface area contributed by atoms with Crippen molar-refractivity contribution in [3.63, 3.8) is 0 Å². The first-order chi connectivity index (χ1) is 19.4. The smallest absolute Gasteiger partial charge is 0.323 e. The van der Waals surface area contributed by atoms with Crippen molar-refractivity contribution in [1.82, 2.24) is 4.90 Å². The number of hydrogen-bond donors (Lipinski definition) is 2. The summed E-state index contributed by atoms with van der Waals surface area (Å²) >= 11 is 1.57. The lowest BCUT2D eigenvalue weighted by Gasteiger charge is -2.31. The summed E-state index contributed by atoms with van der Waals surface area (Å²) in [6, 6.07) is 28.5. The van der Waals surface area contributed by atoms with Crippen LogP contribution in [0.5, 0.6) is 0 Å². The fraction of sp³-hybridized carbons (Fsp3) is 0.156. The van der Waals surface area contributed by atoms with Gasteiger partial charge in [0.15, 0.2) is 5.78 Å². The molecule has 1 saturated heterocycles. The van der Waals surface area contributed by atoms with E-state index in [1.165, 1.54) is 29.2 Å². The molecule has 3 N–H and O–H groups in total. The third kappa shape index (κ3) is 5.35. The number of benzene rings is 4. The molecule has 1 aliphatic rings. The summed E-state index contributed by atoms with van der Waals surface area (Å²) in [7, 11) is 0. The van der Waals surface area contributed by atoms with Gasteiger partial charge in [-0.1, -0.05) is 72.8 Å². The number of carbonyl (C=O) groups is 3. The number of nitrogens with zero attached hydrogens (tertiary/aromatic N) is 1. The van der Waals surface area contributed by atoms with Gasteiger partial charge in [-0.3, -0.25) is 9.59 Å². The molecule has 0 saturated carbocycles. The predicted octanol–water partition coefficient (Wildman–Crippen LogP) is 6.27. The van der Waals surface area contributed by atoms with E-state index in [0.29, 0.717) is 16.8 Å². The summed E-state index contributed by atoms with van der Waals surface area (Å²) in [6.07, 6.45) is 1.96. The molecule has 1 heterocycles. The Morgan fingerprint density at radius 2 is 1.38 bits per heavy atom. The Hall–Kier alpha value is -4.43. The maximum absolute atomic E-state index is 14.4. The molecule has 0 aromatic heterocycles. The van der Waals surface area contributed by atoms with Gasteiger partial charge in [-0.05, 0) is 53.8 Å². The van der Waals surface area contributed by atoms with Crippen LogP contribution in [0, 0.1) is 11.7 Å². The molecule has 0 aliphatic carbocycles. The first-order valence-corrected chi connectivity index (χ1v) is 14.0. The number of carbonyl (C=O) groups excluding carboxylic acids is 3. The van der Waals surface area contributed by atoms with Gasteiger partial charge in [0, 0.05) is 22.1 Å². The van der Waals surface area contributed by atoms with Crippen molar-refractivity contribution in [2.24, 2.45) is 11.7 Å². The lowest BCUT2D eigenvalue weighted by atomic mass is 9.76. The standard InChI is InChI=1S/C32H28FN3O3S/c1-40-25-18-12-22(13-19-25)30(37)27-26(20-8-4-2-5-9-20)29(31(34)38)36(28(27)21-10-6-3-7-11-21)32(39)35-24-16-14-23(33)15-17-24/h2-19,26-29H,1H3,(H2,34,38)(H,35,39). The van der Waals surface area contributed by atoms with Crippen LogP contribution in [0.25, 0.3) is 0 Å². The first-order valence-electron chi connectivity index (χ1n) is 12.8. The van der Waals surface area contributed by atoms with Crippen LogP contribution < -0.4 is 11.1 Å². The molecule has 4 unspecified atom stereocenters. The van der Waals surface area contributed by atoms with E-state index in [-0.39, 0.29) is 5.78 Å². The van der Waals surface area contributed by atoms with Gasteiger partial charge >= 0.3 is 6.03 Å². The van der Waals surface area contributed by atoms with Crippen LogP contribution in [0.4, 0.5) is 14.9 Å². The van der Waals surface area contributed by atoms with Crippen molar-refractivity contribution in [1.29, 1.82) is 0 Å². The Labute approximate surface area is 236 Å². The number of anilines is 1. The molecule has 4 aromatic carbocycles. The molecule has 5 rings (SSSR count). The lowest BCUT2D eigenvalue weighted by Crippen LogP contribution is -2.48. The minimum atomic E-state index is -1.13. The largest absolute Gasteiger partial charge is 0.368 e. The third-order valence-corrected chi connectivity index (χ3v) is 8.03. The van der Waals surface area contributed by atoms with Crippen LogP contribution in [-0.4, -0.2) is 34.9 Å². The molecular weight excluding hydrogens is 525 g/mol. The van der Waals surface area contributed by atoms with Gasteiger partial charge in [-0.15, -0.1) is 11.8 Å². The van der Waals surface area contributed by atoms with Gasteiger partial charge in [0.1, 0.15) is 11.9 Å². The summed E-state index contributed by atoms with van der Waals surface area (Å²) < 4.78 is 13.5. The highest BCUT2D eigenvalue weighted by molar-refractivity contribution is 7.98. The second-order valence-electron chi connectivity index (χ2n) is 9.60. The lowest BCUT2D eigenvalue weighted by molar-refractivity contribution is -0.122. The van der Waals surface area contributed by atoms with Gasteiger partial charge in [-0.25, -0.2) is 9.18 Å². The molecule has 4 aromatic rings. The zero-order chi connectivity index (χ0) is 28.2. The molecule has 8 heteroatoms. The topological polar surface area (TPSA) is 92.5 Å². The van der Waals surface area contributed by atoms with Crippen LogP contribution in [0.1, 0.15) is 33.4 Å². The summed E-state index contributed by atoms with van der Waals surface area (Å²) in [5.74, 6) is -2.90. The summed E-state index contributed by atoms with van der Waals surface area (Å²) in [5, 5.41) is 2.78. The van der Waals surface area contributed by atoms with Gasteiger partial charge < -0.3 is 16.0 Å². The maximum atomic E-state index is 14.4. The first kappa shape index (κ1) is 27.1. The summed E-state index contributed by atoms with van der Waals surface area (Å²) in [6.45, 7) is 0. The number of halogens is 1. The number of urea groups is 1. The van der Waals surface area contributed by atoms with Crippen molar-refractivity contribution in [2.75, 3.05) is 11.6 Å². The van der Waals surface area contributed by atoms with Crippen LogP contribution >= 0.6 is 11.8 Å². The second kappa shape index (κ2) is 11.8. The average Bonchev–Trinajstić information content (AvgIpc) is 3.36. The molecule has 4 atom stereocenters. The van der Waals surface area contributed by atoms with E-state index in [2.05, 4.69) is 5.32 Å². The normalized spacial score (nSPS) is 20.2. The molecule has 0 bridgehead atoms. The molecule has 202 valence electrons. The highest BCUT2D eigenvalue weighted by Crippen LogP contribution is 2.51. The number of nitrogens with two attached hydrogens (primary N) is 1. The number of thioether (sulfide) groups is 1. The van der Waals surface area contributed by atoms with Gasteiger partial charge in [0.25, 0.3) is 0 Å². The minimum absolute atomic E-state index is 0.196. The number of Topliss-reactive ketones (excluding diaryl/α,β-unsaturated/α-hetero) is 1. The summed E-state index contributed by atoms with van der Waals surface area (Å²) in [5.41, 5.74) is 8.27. The molecule has 0 spiro atoms. The summed E-state index contributed by atoms with van der Waals surface area (Å²) in [4.78, 5) is 43.9. The molecule has 1 fully saturated rings.